The molecule has 1 aromatic carbocycles. The van der Waals surface area contributed by atoms with E-state index in [0.29, 0.717) is 0 Å². The molecule has 0 N–H and O–H groups in total. The lowest BCUT2D eigenvalue weighted by atomic mass is 9.79. The highest BCUT2D eigenvalue weighted by molar-refractivity contribution is 5.67. The SMILES string of the molecule is C=C(C)c1ccc(C(=C)CC2CCC(C)CC2)cc1. The van der Waals surface area contributed by atoms with E-state index in [1.165, 1.54) is 48.8 Å². The first-order chi connectivity index (χ1) is 9.06. The second kappa shape index (κ2) is 6.23. The molecule has 2 rings (SSSR count). The fourth-order valence-electron chi connectivity index (χ4n) is 2.99. The first-order valence-corrected chi connectivity index (χ1v) is 7.50. The van der Waals surface area contributed by atoms with Gasteiger partial charge in [0.2, 0.25) is 0 Å². The van der Waals surface area contributed by atoms with Gasteiger partial charge in [0.1, 0.15) is 0 Å². The third kappa shape index (κ3) is 3.83. The molecule has 0 nitrogen and oxygen atoms in total. The van der Waals surface area contributed by atoms with Crippen LogP contribution in [0.5, 0.6) is 0 Å². The molecule has 0 spiro atoms. The van der Waals surface area contributed by atoms with Gasteiger partial charge in [0.05, 0.1) is 0 Å². The average molecular weight is 254 g/mol. The smallest absolute Gasteiger partial charge is 0.0230 e. The monoisotopic (exact) mass is 254 g/mol. The minimum absolute atomic E-state index is 0.851. The van der Waals surface area contributed by atoms with Crippen molar-refractivity contribution >= 4 is 11.1 Å². The molecule has 0 heteroatoms. The number of hydrogen-bond donors (Lipinski definition) is 0. The van der Waals surface area contributed by atoms with Crippen molar-refractivity contribution in [1.82, 2.24) is 0 Å². The summed E-state index contributed by atoms with van der Waals surface area (Å²) in [7, 11) is 0. The van der Waals surface area contributed by atoms with Gasteiger partial charge in [-0.05, 0) is 54.7 Å². The third-order valence-electron chi connectivity index (χ3n) is 4.46. The highest BCUT2D eigenvalue weighted by atomic mass is 14.2. The van der Waals surface area contributed by atoms with Crippen molar-refractivity contribution in [2.24, 2.45) is 11.8 Å². The van der Waals surface area contributed by atoms with Crippen LogP contribution in [0, 0.1) is 11.8 Å². The predicted octanol–water partition coefficient (Wildman–Crippen LogP) is 5.95. The van der Waals surface area contributed by atoms with Crippen LogP contribution in [0.15, 0.2) is 37.4 Å². The first-order valence-electron chi connectivity index (χ1n) is 7.50. The van der Waals surface area contributed by atoms with Crippen molar-refractivity contribution in [2.45, 2.75) is 46.0 Å². The lowest BCUT2D eigenvalue weighted by Gasteiger charge is -2.26. The molecule has 0 unspecified atom stereocenters. The van der Waals surface area contributed by atoms with Crippen LogP contribution in [0.1, 0.15) is 57.1 Å². The van der Waals surface area contributed by atoms with Gasteiger partial charge in [-0.15, -0.1) is 0 Å². The highest BCUT2D eigenvalue weighted by Gasteiger charge is 2.19. The topological polar surface area (TPSA) is 0 Å². The Labute approximate surface area is 118 Å². The summed E-state index contributed by atoms with van der Waals surface area (Å²) in [5, 5.41) is 0. The zero-order valence-corrected chi connectivity index (χ0v) is 12.4. The van der Waals surface area contributed by atoms with E-state index < -0.39 is 0 Å². The largest absolute Gasteiger partial charge is 0.0955 e. The van der Waals surface area contributed by atoms with Crippen LogP contribution in [0.2, 0.25) is 0 Å². The zero-order valence-electron chi connectivity index (χ0n) is 12.4. The lowest BCUT2D eigenvalue weighted by molar-refractivity contribution is 0.294. The standard InChI is InChI=1S/C19H26/c1-14(2)18-9-11-19(12-10-18)16(4)13-17-7-5-15(3)6-8-17/h9-12,15,17H,1,4-8,13H2,2-3H3. The van der Waals surface area contributed by atoms with Gasteiger partial charge >= 0.3 is 0 Å². The Morgan fingerprint density at radius 2 is 1.53 bits per heavy atom. The minimum Gasteiger partial charge on any atom is -0.0955 e. The molecule has 0 amide bonds. The molecule has 1 aliphatic rings. The van der Waals surface area contributed by atoms with Gasteiger partial charge in [-0.1, -0.05) is 62.8 Å². The van der Waals surface area contributed by atoms with Crippen molar-refractivity contribution in [1.29, 1.82) is 0 Å². The highest BCUT2D eigenvalue weighted by Crippen LogP contribution is 2.34. The van der Waals surface area contributed by atoms with Crippen molar-refractivity contribution in [2.75, 3.05) is 0 Å². The maximum Gasteiger partial charge on any atom is -0.0230 e. The summed E-state index contributed by atoms with van der Waals surface area (Å²) >= 11 is 0. The molecule has 0 heterocycles. The van der Waals surface area contributed by atoms with Gasteiger partial charge < -0.3 is 0 Å². The number of hydrogen-bond acceptors (Lipinski definition) is 0. The molecule has 0 aromatic heterocycles. The van der Waals surface area contributed by atoms with E-state index in [-0.39, 0.29) is 0 Å². The molecule has 19 heavy (non-hydrogen) atoms. The summed E-state index contributed by atoms with van der Waals surface area (Å²) in [4.78, 5) is 0. The molecular formula is C19H26. The normalized spacial score (nSPS) is 23.1. The first kappa shape index (κ1) is 14.1. The van der Waals surface area contributed by atoms with Gasteiger partial charge in [0.15, 0.2) is 0 Å². The third-order valence-corrected chi connectivity index (χ3v) is 4.46. The Morgan fingerprint density at radius 3 is 2.05 bits per heavy atom. The summed E-state index contributed by atoms with van der Waals surface area (Å²) in [5.74, 6) is 1.78. The van der Waals surface area contributed by atoms with E-state index in [4.69, 9.17) is 0 Å². The second-order valence-corrected chi connectivity index (χ2v) is 6.29. The molecule has 0 aliphatic heterocycles. The van der Waals surface area contributed by atoms with Crippen molar-refractivity contribution in [3.05, 3.63) is 48.6 Å². The van der Waals surface area contributed by atoms with Crippen LogP contribution in [0.25, 0.3) is 11.1 Å². The van der Waals surface area contributed by atoms with Gasteiger partial charge in [0, 0.05) is 0 Å². The Bertz CT molecular complexity index is 441. The number of rotatable bonds is 4. The molecule has 0 atom stereocenters. The van der Waals surface area contributed by atoms with E-state index in [9.17, 15) is 0 Å². The lowest BCUT2D eigenvalue weighted by Crippen LogP contribution is -2.12. The molecule has 102 valence electrons. The van der Waals surface area contributed by atoms with Crippen LogP contribution in [-0.4, -0.2) is 0 Å². The summed E-state index contributed by atoms with van der Waals surface area (Å²) in [6.45, 7) is 12.7. The Morgan fingerprint density at radius 1 is 1.00 bits per heavy atom. The van der Waals surface area contributed by atoms with E-state index >= 15 is 0 Å². The van der Waals surface area contributed by atoms with Crippen molar-refractivity contribution < 1.29 is 0 Å². The summed E-state index contributed by atoms with van der Waals surface area (Å²) in [6.07, 6.45) is 6.71. The molecular weight excluding hydrogens is 228 g/mol. The van der Waals surface area contributed by atoms with E-state index in [1.807, 2.05) is 6.92 Å². The van der Waals surface area contributed by atoms with Crippen molar-refractivity contribution in [3.8, 4) is 0 Å². The molecule has 0 saturated heterocycles. The molecule has 1 aliphatic carbocycles. The summed E-state index contributed by atoms with van der Waals surface area (Å²) in [6, 6.07) is 8.70. The fourth-order valence-corrected chi connectivity index (χ4v) is 2.99. The van der Waals surface area contributed by atoms with Crippen LogP contribution >= 0.6 is 0 Å². The Hall–Kier alpha value is -1.30. The predicted molar refractivity (Wildman–Crippen MR) is 85.9 cm³/mol. The minimum atomic E-state index is 0.851. The molecule has 1 aromatic rings. The van der Waals surface area contributed by atoms with E-state index in [0.717, 1.165) is 17.4 Å². The fraction of sp³-hybridized carbons (Fsp3) is 0.474. The summed E-state index contributed by atoms with van der Waals surface area (Å²) < 4.78 is 0. The maximum absolute atomic E-state index is 4.29. The van der Waals surface area contributed by atoms with Gasteiger partial charge in [0.25, 0.3) is 0 Å². The van der Waals surface area contributed by atoms with Crippen LogP contribution in [-0.2, 0) is 0 Å². The summed E-state index contributed by atoms with van der Waals surface area (Å²) in [5.41, 5.74) is 4.94. The average Bonchev–Trinajstić information content (AvgIpc) is 2.41. The molecule has 0 radical (unpaired) electrons. The molecule has 1 saturated carbocycles. The van der Waals surface area contributed by atoms with Crippen LogP contribution in [0.3, 0.4) is 0 Å². The number of benzene rings is 1. The Balaban J connectivity index is 1.94. The molecule has 1 fully saturated rings. The van der Waals surface area contributed by atoms with Gasteiger partial charge in [-0.2, -0.15) is 0 Å². The quantitative estimate of drug-likeness (QED) is 0.623. The Kier molecular flexibility index (Phi) is 4.63. The van der Waals surface area contributed by atoms with Crippen LogP contribution < -0.4 is 0 Å². The van der Waals surface area contributed by atoms with Crippen molar-refractivity contribution in [3.63, 3.8) is 0 Å². The second-order valence-electron chi connectivity index (χ2n) is 6.29. The number of allylic oxidation sites excluding steroid dienone is 2. The van der Waals surface area contributed by atoms with Crippen LogP contribution in [0.4, 0.5) is 0 Å². The van der Waals surface area contributed by atoms with Gasteiger partial charge in [-0.25, -0.2) is 0 Å². The zero-order chi connectivity index (χ0) is 13.8. The van der Waals surface area contributed by atoms with E-state index in [2.05, 4.69) is 44.3 Å². The molecule has 0 bridgehead atoms. The van der Waals surface area contributed by atoms with Gasteiger partial charge in [-0.3, -0.25) is 0 Å². The van der Waals surface area contributed by atoms with E-state index in [1.54, 1.807) is 0 Å². The maximum atomic E-state index is 4.29.